The Kier molecular flexibility index (Phi) is 2.58. The summed E-state index contributed by atoms with van der Waals surface area (Å²) in [5, 5.41) is 0. The Morgan fingerprint density at radius 3 is 2.62 bits per heavy atom. The molecule has 0 radical (unpaired) electrons. The first-order valence-electron chi connectivity index (χ1n) is 5.07. The lowest BCUT2D eigenvalue weighted by atomic mass is 10.1. The monoisotopic (exact) mass is 224 g/mol. The van der Waals surface area contributed by atoms with E-state index in [1.165, 1.54) is 14.2 Å². The van der Waals surface area contributed by atoms with Crippen molar-refractivity contribution in [2.75, 3.05) is 14.2 Å². The average Bonchev–Trinajstić information content (AvgIpc) is 2.54. The quantitative estimate of drug-likeness (QED) is 0.772. The van der Waals surface area contributed by atoms with Crippen LogP contribution >= 0.6 is 0 Å². The zero-order valence-corrected chi connectivity index (χ0v) is 9.46. The van der Waals surface area contributed by atoms with Crippen molar-refractivity contribution < 1.29 is 18.7 Å². The van der Waals surface area contributed by atoms with Gasteiger partial charge in [-0.15, -0.1) is 0 Å². The molecule has 86 valence electrons. The van der Waals surface area contributed by atoms with Crippen LogP contribution in [0.2, 0.25) is 0 Å². The first kappa shape index (κ1) is 10.9. The Morgan fingerprint density at radius 2 is 2.06 bits per heavy atom. The standard InChI is InChI=1S/C12H13FO3/c1-6-4-7-5-8(15-2)12(16-3)10(13)9(7)11(6)14/h5-6H,4H2,1-3H3. The number of ether oxygens (including phenoxy) is 2. The first-order chi connectivity index (χ1) is 7.60. The smallest absolute Gasteiger partial charge is 0.197 e. The molecule has 0 fully saturated rings. The van der Waals surface area contributed by atoms with Crippen molar-refractivity contribution in [2.45, 2.75) is 13.3 Å². The van der Waals surface area contributed by atoms with Crippen molar-refractivity contribution in [3.05, 3.63) is 23.0 Å². The lowest BCUT2D eigenvalue weighted by Gasteiger charge is -2.11. The normalized spacial score (nSPS) is 18.5. The second-order valence-electron chi connectivity index (χ2n) is 3.93. The molecule has 4 heteroatoms. The molecule has 0 saturated heterocycles. The van der Waals surface area contributed by atoms with E-state index in [1.54, 1.807) is 13.0 Å². The molecule has 1 atom stereocenters. The van der Waals surface area contributed by atoms with Crippen LogP contribution in [0.15, 0.2) is 6.07 Å². The van der Waals surface area contributed by atoms with Gasteiger partial charge in [-0.25, -0.2) is 4.39 Å². The van der Waals surface area contributed by atoms with Crippen molar-refractivity contribution in [2.24, 2.45) is 5.92 Å². The summed E-state index contributed by atoms with van der Waals surface area (Å²) in [6.45, 7) is 1.79. The van der Waals surface area contributed by atoms with E-state index < -0.39 is 5.82 Å². The molecular formula is C12H13FO3. The minimum absolute atomic E-state index is 0.00343. The molecule has 1 aromatic carbocycles. The van der Waals surface area contributed by atoms with Crippen molar-refractivity contribution in [1.82, 2.24) is 0 Å². The number of hydrogen-bond acceptors (Lipinski definition) is 3. The minimum Gasteiger partial charge on any atom is -0.493 e. The highest BCUT2D eigenvalue weighted by Gasteiger charge is 2.33. The van der Waals surface area contributed by atoms with E-state index in [0.717, 1.165) is 0 Å². The molecule has 2 rings (SSSR count). The maximum absolute atomic E-state index is 14.0. The molecule has 0 aromatic heterocycles. The predicted molar refractivity (Wildman–Crippen MR) is 56.7 cm³/mol. The number of rotatable bonds is 2. The van der Waals surface area contributed by atoms with Crippen LogP contribution in [0.4, 0.5) is 4.39 Å². The molecule has 0 bridgehead atoms. The van der Waals surface area contributed by atoms with E-state index in [4.69, 9.17) is 9.47 Å². The molecule has 1 aliphatic carbocycles. The Hall–Kier alpha value is -1.58. The van der Waals surface area contributed by atoms with Crippen molar-refractivity contribution in [1.29, 1.82) is 0 Å². The zero-order valence-electron chi connectivity index (χ0n) is 9.46. The van der Waals surface area contributed by atoms with Gasteiger partial charge in [0.2, 0.25) is 0 Å². The molecule has 16 heavy (non-hydrogen) atoms. The number of fused-ring (bicyclic) bond motifs is 1. The minimum atomic E-state index is -0.605. The summed E-state index contributed by atoms with van der Waals surface area (Å²) in [5.74, 6) is -0.592. The van der Waals surface area contributed by atoms with E-state index >= 15 is 0 Å². The first-order valence-corrected chi connectivity index (χ1v) is 5.07. The number of Topliss-reactive ketones (excluding diaryl/α,β-unsaturated/α-hetero) is 1. The van der Waals surface area contributed by atoms with Crippen LogP contribution in [0.25, 0.3) is 0 Å². The molecule has 1 aromatic rings. The number of hydrogen-bond donors (Lipinski definition) is 0. The van der Waals surface area contributed by atoms with Gasteiger partial charge >= 0.3 is 0 Å². The topological polar surface area (TPSA) is 35.5 Å². The number of ketones is 1. The van der Waals surface area contributed by atoms with Gasteiger partial charge in [0.15, 0.2) is 23.1 Å². The third kappa shape index (κ3) is 1.37. The summed E-state index contributed by atoms with van der Waals surface area (Å²) < 4.78 is 24.0. The van der Waals surface area contributed by atoms with Crippen LogP contribution in [-0.4, -0.2) is 20.0 Å². The number of halogens is 1. The molecule has 0 saturated carbocycles. The second-order valence-corrected chi connectivity index (χ2v) is 3.93. The highest BCUT2D eigenvalue weighted by molar-refractivity contribution is 6.03. The third-order valence-corrected chi connectivity index (χ3v) is 2.91. The summed E-state index contributed by atoms with van der Waals surface area (Å²) in [5.41, 5.74) is 0.859. The highest BCUT2D eigenvalue weighted by Crippen LogP contribution is 2.39. The lowest BCUT2D eigenvalue weighted by molar-refractivity contribution is 0.0942. The van der Waals surface area contributed by atoms with Gasteiger partial charge in [-0.3, -0.25) is 4.79 Å². The molecule has 0 amide bonds. The SMILES string of the molecule is COc1cc2c(c(F)c1OC)C(=O)C(C)C2. The van der Waals surface area contributed by atoms with Crippen molar-refractivity contribution >= 4 is 5.78 Å². The van der Waals surface area contributed by atoms with Gasteiger partial charge in [0, 0.05) is 5.92 Å². The molecule has 0 spiro atoms. The Balaban J connectivity index is 2.66. The van der Waals surface area contributed by atoms with Crippen LogP contribution in [0.3, 0.4) is 0 Å². The van der Waals surface area contributed by atoms with Gasteiger partial charge in [-0.2, -0.15) is 0 Å². The van der Waals surface area contributed by atoms with Crippen LogP contribution < -0.4 is 9.47 Å². The largest absolute Gasteiger partial charge is 0.493 e. The van der Waals surface area contributed by atoms with Crippen LogP contribution in [0, 0.1) is 11.7 Å². The molecule has 1 aliphatic rings. The maximum atomic E-state index is 14.0. The predicted octanol–water partition coefficient (Wildman–Crippen LogP) is 2.22. The second kappa shape index (κ2) is 3.77. The van der Waals surface area contributed by atoms with Crippen molar-refractivity contribution in [3.63, 3.8) is 0 Å². The zero-order chi connectivity index (χ0) is 11.9. The molecular weight excluding hydrogens is 211 g/mol. The van der Waals surface area contributed by atoms with Crippen LogP contribution in [0.5, 0.6) is 11.5 Å². The Bertz CT molecular complexity index is 454. The number of carbonyl (C=O) groups is 1. The van der Waals surface area contributed by atoms with Crippen LogP contribution in [0.1, 0.15) is 22.8 Å². The highest BCUT2D eigenvalue weighted by atomic mass is 19.1. The molecule has 0 heterocycles. The van der Waals surface area contributed by atoms with Gasteiger partial charge in [0.05, 0.1) is 19.8 Å². The summed E-state index contributed by atoms with van der Waals surface area (Å²) in [4.78, 5) is 11.7. The molecule has 1 unspecified atom stereocenters. The molecule has 3 nitrogen and oxygen atoms in total. The Labute approximate surface area is 93.2 Å². The van der Waals surface area contributed by atoms with E-state index in [9.17, 15) is 9.18 Å². The van der Waals surface area contributed by atoms with Gasteiger partial charge in [0.1, 0.15) is 0 Å². The van der Waals surface area contributed by atoms with E-state index in [2.05, 4.69) is 0 Å². The Morgan fingerprint density at radius 1 is 1.38 bits per heavy atom. The summed E-state index contributed by atoms with van der Waals surface area (Å²) >= 11 is 0. The average molecular weight is 224 g/mol. The fraction of sp³-hybridized carbons (Fsp3) is 0.417. The van der Waals surface area contributed by atoms with Gasteiger partial charge in [-0.05, 0) is 18.1 Å². The lowest BCUT2D eigenvalue weighted by Crippen LogP contribution is -2.06. The fourth-order valence-corrected chi connectivity index (χ4v) is 2.10. The maximum Gasteiger partial charge on any atom is 0.197 e. The summed E-state index contributed by atoms with van der Waals surface area (Å²) in [6.07, 6.45) is 0.561. The molecule has 0 N–H and O–H groups in total. The number of benzene rings is 1. The number of methoxy groups -OCH3 is 2. The van der Waals surface area contributed by atoms with Gasteiger partial charge < -0.3 is 9.47 Å². The van der Waals surface area contributed by atoms with E-state index in [0.29, 0.717) is 17.7 Å². The van der Waals surface area contributed by atoms with E-state index in [1.807, 2.05) is 0 Å². The van der Waals surface area contributed by atoms with E-state index in [-0.39, 0.29) is 23.0 Å². The van der Waals surface area contributed by atoms with Gasteiger partial charge in [0.25, 0.3) is 0 Å². The third-order valence-electron chi connectivity index (χ3n) is 2.91. The van der Waals surface area contributed by atoms with Crippen LogP contribution in [-0.2, 0) is 6.42 Å². The fourth-order valence-electron chi connectivity index (χ4n) is 2.10. The number of carbonyl (C=O) groups excluding carboxylic acids is 1. The van der Waals surface area contributed by atoms with Gasteiger partial charge in [-0.1, -0.05) is 6.92 Å². The summed E-state index contributed by atoms with van der Waals surface area (Å²) in [7, 11) is 2.81. The van der Waals surface area contributed by atoms with Crippen molar-refractivity contribution in [3.8, 4) is 11.5 Å². The summed E-state index contributed by atoms with van der Waals surface area (Å²) in [6, 6.07) is 1.68. The molecule has 0 aliphatic heterocycles.